The number of phosphoric ester groups is 1. The minimum Gasteiger partial charge on any atom is -0.386 e. The second-order valence-electron chi connectivity index (χ2n) is 6.48. The molecule has 33 heavy (non-hydrogen) atoms. The fourth-order valence-electron chi connectivity index (χ4n) is 2.84. The second kappa shape index (κ2) is 9.63. The molecule has 1 saturated heterocycles. The molecular weight excluding hydrogens is 518 g/mol. The molecule has 0 radical (unpaired) electrons. The normalized spacial score (nSPS) is 30.0. The Bertz CT molecular complexity index is 1160. The van der Waals surface area contributed by atoms with E-state index in [0.29, 0.717) is 4.57 Å². The van der Waals surface area contributed by atoms with Crippen molar-refractivity contribution in [3.63, 3.8) is 0 Å². The molecular formula is C13H19FN3O13P3. The molecule has 1 aromatic rings. The Morgan fingerprint density at radius 1 is 1.27 bits per heavy atom. The first kappa shape index (κ1) is 27.7. The molecule has 0 aromatic carbocycles. The molecule has 0 amide bonds. The van der Waals surface area contributed by atoms with Crippen LogP contribution in [0.1, 0.15) is 20.1 Å². The zero-order valence-electron chi connectivity index (χ0n) is 16.7. The first-order valence-electron chi connectivity index (χ1n) is 8.54. The van der Waals surface area contributed by atoms with E-state index in [1.54, 1.807) is 0 Å². The molecule has 0 aliphatic carbocycles. The number of nitrogens with two attached hydrogens (primary N) is 1. The van der Waals surface area contributed by atoms with E-state index in [4.69, 9.17) is 20.3 Å². The number of nitrogen functional groups attached to an aromatic ring is 1. The quantitative estimate of drug-likeness (QED) is 0.181. The summed E-state index contributed by atoms with van der Waals surface area (Å²) in [7, 11) is -17.1. The van der Waals surface area contributed by atoms with Crippen LogP contribution in [-0.2, 0) is 31.6 Å². The molecule has 1 aliphatic heterocycles. The maximum Gasteiger partial charge on any atom is 0.490 e. The SMILES string of the molecule is CC#CC1(F)[C@@H](O)[C@@H]([C@@H](C)OP(=O)(O)OP(=O)(O)OP(=O)(O)O)O[C@H]1n1ccc(N)nc1=O. The van der Waals surface area contributed by atoms with E-state index < -0.39 is 59.4 Å². The Balaban J connectivity index is 2.31. The lowest BCUT2D eigenvalue weighted by Gasteiger charge is -2.25. The number of aliphatic hydroxyl groups excluding tert-OH is 1. The molecule has 7 atom stereocenters. The van der Waals surface area contributed by atoms with Gasteiger partial charge in [0.2, 0.25) is 5.67 Å². The molecule has 0 spiro atoms. The average molecular weight is 537 g/mol. The van der Waals surface area contributed by atoms with Gasteiger partial charge in [-0.25, -0.2) is 22.9 Å². The van der Waals surface area contributed by atoms with Crippen LogP contribution < -0.4 is 11.4 Å². The monoisotopic (exact) mass is 537 g/mol. The summed E-state index contributed by atoms with van der Waals surface area (Å²) in [5.74, 6) is 4.07. The summed E-state index contributed by atoms with van der Waals surface area (Å²) in [5.41, 5.74) is 1.34. The first-order valence-corrected chi connectivity index (χ1v) is 13.1. The van der Waals surface area contributed by atoms with Gasteiger partial charge in [-0.05, 0) is 19.9 Å². The van der Waals surface area contributed by atoms with Crippen molar-refractivity contribution in [2.45, 2.75) is 44.1 Å². The van der Waals surface area contributed by atoms with Crippen LogP contribution >= 0.6 is 23.5 Å². The highest BCUT2D eigenvalue weighted by Gasteiger charge is 2.60. The number of halogens is 1. The van der Waals surface area contributed by atoms with E-state index in [9.17, 15) is 33.4 Å². The van der Waals surface area contributed by atoms with Gasteiger partial charge in [-0.2, -0.15) is 13.6 Å². The van der Waals surface area contributed by atoms with E-state index in [2.05, 4.69) is 30.0 Å². The van der Waals surface area contributed by atoms with Crippen molar-refractivity contribution in [1.29, 1.82) is 0 Å². The predicted octanol–water partition coefficient (Wildman–Crippen LogP) is -0.453. The summed E-state index contributed by atoms with van der Waals surface area (Å²) in [6.45, 7) is 2.18. The number of rotatable bonds is 8. The van der Waals surface area contributed by atoms with Crippen LogP contribution in [0.5, 0.6) is 0 Å². The van der Waals surface area contributed by atoms with Crippen molar-refractivity contribution in [2.24, 2.45) is 0 Å². The molecule has 2 heterocycles. The number of hydrogen-bond acceptors (Lipinski definition) is 11. The topological polar surface area (TPSA) is 250 Å². The van der Waals surface area contributed by atoms with Gasteiger partial charge in [0.25, 0.3) is 0 Å². The highest BCUT2D eigenvalue weighted by molar-refractivity contribution is 7.66. The summed E-state index contributed by atoms with van der Waals surface area (Å²) in [4.78, 5) is 51.5. The lowest BCUT2D eigenvalue weighted by Crippen LogP contribution is -2.45. The van der Waals surface area contributed by atoms with E-state index in [-0.39, 0.29) is 5.82 Å². The lowest BCUT2D eigenvalue weighted by atomic mass is 9.94. The first-order chi connectivity index (χ1) is 14.9. The highest BCUT2D eigenvalue weighted by Crippen LogP contribution is 2.66. The van der Waals surface area contributed by atoms with Crippen molar-refractivity contribution in [1.82, 2.24) is 9.55 Å². The zero-order valence-corrected chi connectivity index (χ0v) is 19.3. The number of anilines is 1. The average Bonchev–Trinajstić information content (AvgIpc) is 2.83. The van der Waals surface area contributed by atoms with Crippen LogP contribution in [-0.4, -0.2) is 58.2 Å². The third-order valence-electron chi connectivity index (χ3n) is 3.99. The minimum absolute atomic E-state index is 0.196. The largest absolute Gasteiger partial charge is 0.490 e. The zero-order chi connectivity index (χ0) is 25.4. The standard InChI is InChI=1S/C13H19FN3O13P3/c1-3-5-13(14)10(18)9(27-11(13)17-6-4-8(15)16-12(17)19)7(2)28-32(23,24)30-33(25,26)29-31(20,21)22/h4,6-7,9-11,18H,1-2H3,(H,23,24)(H,25,26)(H2,15,16,19)(H2,20,21,22)/t7-,9-,10+,11-,13?/m1/s1. The van der Waals surface area contributed by atoms with Gasteiger partial charge in [0.15, 0.2) is 6.23 Å². The summed E-state index contributed by atoms with van der Waals surface area (Å²) in [6.07, 6.45) is -6.75. The number of phosphoric acid groups is 3. The summed E-state index contributed by atoms with van der Waals surface area (Å²) in [5, 5.41) is 10.5. The number of aliphatic hydroxyl groups is 1. The fourth-order valence-corrected chi connectivity index (χ4v) is 6.04. The van der Waals surface area contributed by atoms with Crippen molar-refractivity contribution in [3.8, 4) is 11.8 Å². The fraction of sp³-hybridized carbons (Fsp3) is 0.538. The van der Waals surface area contributed by atoms with Gasteiger partial charge in [-0.1, -0.05) is 5.92 Å². The molecule has 7 N–H and O–H groups in total. The van der Waals surface area contributed by atoms with Gasteiger partial charge >= 0.3 is 29.2 Å². The van der Waals surface area contributed by atoms with Crippen LogP contribution in [0, 0.1) is 11.8 Å². The smallest absolute Gasteiger partial charge is 0.386 e. The molecule has 186 valence electrons. The maximum atomic E-state index is 15.7. The Hall–Kier alpha value is -1.50. The summed E-state index contributed by atoms with van der Waals surface area (Å²) >= 11 is 0. The third-order valence-corrected chi connectivity index (χ3v) is 7.91. The van der Waals surface area contributed by atoms with Gasteiger partial charge in [0, 0.05) is 6.20 Å². The number of nitrogens with zero attached hydrogens (tertiary/aromatic N) is 2. The summed E-state index contributed by atoms with van der Waals surface area (Å²) in [6, 6.07) is 1.12. The van der Waals surface area contributed by atoms with Crippen molar-refractivity contribution >= 4 is 29.3 Å². The molecule has 3 unspecified atom stereocenters. The van der Waals surface area contributed by atoms with Gasteiger partial charge in [-0.15, -0.1) is 5.92 Å². The van der Waals surface area contributed by atoms with E-state index in [0.717, 1.165) is 19.2 Å². The van der Waals surface area contributed by atoms with E-state index >= 15 is 4.39 Å². The minimum atomic E-state index is -5.81. The molecule has 1 aromatic heterocycles. The Kier molecular flexibility index (Phi) is 8.10. The maximum absolute atomic E-state index is 15.7. The van der Waals surface area contributed by atoms with Crippen LogP contribution in [0.4, 0.5) is 10.2 Å². The molecule has 20 heteroatoms. The van der Waals surface area contributed by atoms with Crippen LogP contribution in [0.15, 0.2) is 17.1 Å². The molecule has 0 saturated carbocycles. The molecule has 0 bridgehead atoms. The van der Waals surface area contributed by atoms with Crippen molar-refractivity contribution < 1.29 is 60.6 Å². The highest BCUT2D eigenvalue weighted by atomic mass is 31.3. The van der Waals surface area contributed by atoms with Gasteiger partial charge in [0.1, 0.15) is 18.0 Å². The number of aromatic nitrogens is 2. The molecule has 2 rings (SSSR count). The number of hydrogen-bond donors (Lipinski definition) is 6. The van der Waals surface area contributed by atoms with Crippen LogP contribution in [0.3, 0.4) is 0 Å². The van der Waals surface area contributed by atoms with Gasteiger partial charge in [0.05, 0.1) is 6.10 Å². The van der Waals surface area contributed by atoms with Crippen molar-refractivity contribution in [2.75, 3.05) is 5.73 Å². The summed E-state index contributed by atoms with van der Waals surface area (Å²) < 4.78 is 67.5. The van der Waals surface area contributed by atoms with Crippen molar-refractivity contribution in [3.05, 3.63) is 22.7 Å². The van der Waals surface area contributed by atoms with Crippen LogP contribution in [0.25, 0.3) is 0 Å². The Morgan fingerprint density at radius 3 is 2.39 bits per heavy atom. The third kappa shape index (κ3) is 6.77. The van der Waals surface area contributed by atoms with Crippen LogP contribution in [0.2, 0.25) is 0 Å². The lowest BCUT2D eigenvalue weighted by molar-refractivity contribution is -0.0780. The van der Waals surface area contributed by atoms with E-state index in [1.165, 1.54) is 6.92 Å². The Labute approximate surface area is 184 Å². The second-order valence-corrected chi connectivity index (χ2v) is 10.9. The molecule has 1 fully saturated rings. The molecule has 1 aliphatic rings. The Morgan fingerprint density at radius 2 is 1.88 bits per heavy atom. The van der Waals surface area contributed by atoms with Gasteiger partial charge < -0.3 is 35.2 Å². The number of ether oxygens (including phenoxy) is 1. The van der Waals surface area contributed by atoms with E-state index in [1.807, 2.05) is 0 Å². The number of alkyl halides is 1. The molecule has 16 nitrogen and oxygen atoms in total. The van der Waals surface area contributed by atoms with Gasteiger partial charge in [-0.3, -0.25) is 9.09 Å². The predicted molar refractivity (Wildman–Crippen MR) is 105 cm³/mol.